The number of carbonyl (C=O) groups excluding carboxylic acids is 1. The first-order valence-electron chi connectivity index (χ1n) is 8.10. The number of carbonyl (C=O) groups is 1. The number of ether oxygens (including phenoxy) is 1. The van der Waals surface area contributed by atoms with Crippen molar-refractivity contribution in [2.45, 2.75) is 26.4 Å². The van der Waals surface area contributed by atoms with Gasteiger partial charge in [0, 0.05) is 19.0 Å². The van der Waals surface area contributed by atoms with Crippen molar-refractivity contribution in [1.29, 1.82) is 0 Å². The van der Waals surface area contributed by atoms with Crippen LogP contribution < -0.4 is 10.6 Å². The summed E-state index contributed by atoms with van der Waals surface area (Å²) in [7, 11) is 1.58. The molecule has 1 atom stereocenters. The van der Waals surface area contributed by atoms with Gasteiger partial charge < -0.3 is 24.2 Å². The van der Waals surface area contributed by atoms with E-state index in [9.17, 15) is 4.79 Å². The summed E-state index contributed by atoms with van der Waals surface area (Å²) in [5, 5.41) is 5.68. The van der Waals surface area contributed by atoms with Crippen LogP contribution in [0.3, 0.4) is 0 Å². The number of hydrogen-bond acceptors (Lipinski definition) is 4. The van der Waals surface area contributed by atoms with E-state index in [0.29, 0.717) is 18.9 Å². The zero-order chi connectivity index (χ0) is 17.8. The van der Waals surface area contributed by atoms with Crippen LogP contribution in [-0.2, 0) is 11.3 Å². The summed E-state index contributed by atoms with van der Waals surface area (Å²) in [4.78, 5) is 16.7. The Morgan fingerprint density at radius 2 is 2.16 bits per heavy atom. The minimum Gasteiger partial charge on any atom is -0.464 e. The lowest BCUT2D eigenvalue weighted by molar-refractivity contribution is 0.156. The molecule has 7 heteroatoms. The minimum absolute atomic E-state index is 0.301. The zero-order valence-corrected chi connectivity index (χ0v) is 14.6. The molecule has 3 rings (SSSR count). The summed E-state index contributed by atoms with van der Waals surface area (Å²) in [5.41, 5.74) is 2.75. The monoisotopic (exact) mass is 342 g/mol. The number of aryl methyl sites for hydroxylation is 2. The van der Waals surface area contributed by atoms with E-state index in [4.69, 9.17) is 9.15 Å². The number of amides is 2. The number of urea groups is 1. The second kappa shape index (κ2) is 7.40. The fourth-order valence-electron chi connectivity index (χ4n) is 2.67. The summed E-state index contributed by atoms with van der Waals surface area (Å²) in [6.45, 7) is 4.54. The molecule has 0 saturated heterocycles. The van der Waals surface area contributed by atoms with E-state index in [-0.39, 0.29) is 12.1 Å². The molecule has 0 spiro atoms. The zero-order valence-electron chi connectivity index (χ0n) is 14.6. The van der Waals surface area contributed by atoms with Crippen LogP contribution in [-0.4, -0.2) is 29.1 Å². The second-order valence-corrected chi connectivity index (χ2v) is 5.91. The molecule has 0 aromatic carbocycles. The van der Waals surface area contributed by atoms with Gasteiger partial charge in [0.25, 0.3) is 0 Å². The van der Waals surface area contributed by atoms with Gasteiger partial charge >= 0.3 is 6.03 Å². The third-order valence-electron chi connectivity index (χ3n) is 3.92. The molecule has 3 aromatic rings. The number of hydrogen-bond donors (Lipinski definition) is 2. The predicted octanol–water partition coefficient (Wildman–Crippen LogP) is 2.73. The number of imidazole rings is 1. The Balaban J connectivity index is 1.61. The molecule has 2 N–H and O–H groups in total. The molecule has 0 fully saturated rings. The van der Waals surface area contributed by atoms with Crippen molar-refractivity contribution in [3.8, 4) is 0 Å². The molecule has 3 aromatic heterocycles. The number of furan rings is 1. The highest BCUT2D eigenvalue weighted by Gasteiger charge is 2.18. The van der Waals surface area contributed by atoms with Crippen LogP contribution in [0.15, 0.2) is 40.9 Å². The van der Waals surface area contributed by atoms with Gasteiger partial charge in [-0.3, -0.25) is 0 Å². The lowest BCUT2D eigenvalue weighted by Crippen LogP contribution is -2.39. The van der Waals surface area contributed by atoms with Crippen LogP contribution in [0.4, 0.5) is 4.79 Å². The maximum absolute atomic E-state index is 12.2. The Morgan fingerprint density at radius 1 is 1.32 bits per heavy atom. The topological polar surface area (TPSA) is 80.8 Å². The van der Waals surface area contributed by atoms with Crippen LogP contribution in [0.1, 0.15) is 29.0 Å². The van der Waals surface area contributed by atoms with Gasteiger partial charge in [-0.15, -0.1) is 0 Å². The first kappa shape index (κ1) is 17.0. The molecule has 25 heavy (non-hydrogen) atoms. The van der Waals surface area contributed by atoms with E-state index in [1.165, 1.54) is 0 Å². The van der Waals surface area contributed by atoms with E-state index in [1.54, 1.807) is 7.11 Å². The highest BCUT2D eigenvalue weighted by atomic mass is 16.5. The van der Waals surface area contributed by atoms with Gasteiger partial charge in [-0.2, -0.15) is 0 Å². The molecule has 0 unspecified atom stereocenters. The van der Waals surface area contributed by atoms with Crippen molar-refractivity contribution in [2.24, 2.45) is 0 Å². The van der Waals surface area contributed by atoms with Gasteiger partial charge in [-0.05, 0) is 38.1 Å². The van der Waals surface area contributed by atoms with Crippen LogP contribution in [0.5, 0.6) is 0 Å². The van der Waals surface area contributed by atoms with Gasteiger partial charge in [-0.25, -0.2) is 9.78 Å². The van der Waals surface area contributed by atoms with Crippen LogP contribution in [0, 0.1) is 13.8 Å². The fraction of sp³-hybridized carbons (Fsp3) is 0.333. The van der Waals surface area contributed by atoms with Crippen molar-refractivity contribution in [3.05, 3.63) is 59.4 Å². The van der Waals surface area contributed by atoms with Crippen LogP contribution in [0.25, 0.3) is 5.65 Å². The third kappa shape index (κ3) is 4.00. The molecule has 0 saturated carbocycles. The molecule has 2 amide bonds. The van der Waals surface area contributed by atoms with Crippen LogP contribution >= 0.6 is 0 Å². The predicted molar refractivity (Wildman–Crippen MR) is 93.4 cm³/mol. The standard InChI is InChI=1S/C18H22N4O3/c1-12-5-4-6-17-20-14(10-22(12)17)9-19-18(23)21-15(11-24-3)16-8-7-13(2)25-16/h4-8,10,15H,9,11H2,1-3H3,(H2,19,21,23)/t15-/m1/s1. The lowest BCUT2D eigenvalue weighted by atomic mass is 10.2. The van der Waals surface area contributed by atoms with Crippen molar-refractivity contribution < 1.29 is 13.9 Å². The molecule has 0 radical (unpaired) electrons. The second-order valence-electron chi connectivity index (χ2n) is 5.91. The van der Waals surface area contributed by atoms with E-state index < -0.39 is 0 Å². The molecular formula is C18H22N4O3. The number of methoxy groups -OCH3 is 1. The van der Waals surface area contributed by atoms with Crippen molar-refractivity contribution in [2.75, 3.05) is 13.7 Å². The number of fused-ring (bicyclic) bond motifs is 1. The molecule has 0 aliphatic carbocycles. The Morgan fingerprint density at radius 3 is 2.84 bits per heavy atom. The molecule has 0 aliphatic rings. The molecular weight excluding hydrogens is 320 g/mol. The average Bonchev–Trinajstić information content (AvgIpc) is 3.19. The van der Waals surface area contributed by atoms with E-state index in [2.05, 4.69) is 15.6 Å². The highest BCUT2D eigenvalue weighted by Crippen LogP contribution is 2.16. The number of nitrogens with one attached hydrogen (secondary N) is 2. The van der Waals surface area contributed by atoms with E-state index in [0.717, 1.165) is 22.8 Å². The molecule has 0 bridgehead atoms. The minimum atomic E-state index is -0.345. The number of pyridine rings is 1. The first-order valence-corrected chi connectivity index (χ1v) is 8.10. The van der Waals surface area contributed by atoms with Crippen LogP contribution in [0.2, 0.25) is 0 Å². The Labute approximate surface area is 146 Å². The summed E-state index contributed by atoms with van der Waals surface area (Å²) >= 11 is 0. The maximum Gasteiger partial charge on any atom is 0.315 e. The number of rotatable bonds is 6. The van der Waals surface area contributed by atoms with Crippen molar-refractivity contribution in [3.63, 3.8) is 0 Å². The molecule has 132 valence electrons. The molecule has 3 heterocycles. The quantitative estimate of drug-likeness (QED) is 0.722. The van der Waals surface area contributed by atoms with Gasteiger partial charge in [-0.1, -0.05) is 6.07 Å². The summed E-state index contributed by atoms with van der Waals surface area (Å²) in [5.74, 6) is 1.45. The van der Waals surface area contributed by atoms with Gasteiger partial charge in [0.15, 0.2) is 0 Å². The Kier molecular flexibility index (Phi) is 5.04. The van der Waals surface area contributed by atoms with Crippen molar-refractivity contribution in [1.82, 2.24) is 20.0 Å². The van der Waals surface area contributed by atoms with E-state index in [1.807, 2.05) is 54.8 Å². The summed E-state index contributed by atoms with van der Waals surface area (Å²) in [6.07, 6.45) is 1.92. The summed E-state index contributed by atoms with van der Waals surface area (Å²) in [6, 6.07) is 8.96. The third-order valence-corrected chi connectivity index (χ3v) is 3.92. The molecule has 0 aliphatic heterocycles. The van der Waals surface area contributed by atoms with Gasteiger partial charge in [0.2, 0.25) is 0 Å². The fourth-order valence-corrected chi connectivity index (χ4v) is 2.67. The Bertz CT molecular complexity index is 868. The van der Waals surface area contributed by atoms with Gasteiger partial charge in [0.05, 0.1) is 18.8 Å². The SMILES string of the molecule is COC[C@@H](NC(=O)NCc1cn2c(C)cccc2n1)c1ccc(C)o1. The van der Waals surface area contributed by atoms with Crippen molar-refractivity contribution >= 4 is 11.7 Å². The molecule has 7 nitrogen and oxygen atoms in total. The first-order chi connectivity index (χ1) is 12.1. The number of nitrogens with zero attached hydrogens (tertiary/aromatic N) is 2. The largest absolute Gasteiger partial charge is 0.464 e. The van der Waals surface area contributed by atoms with E-state index >= 15 is 0 Å². The average molecular weight is 342 g/mol. The lowest BCUT2D eigenvalue weighted by Gasteiger charge is -2.16. The Hall–Kier alpha value is -2.80. The highest BCUT2D eigenvalue weighted by molar-refractivity contribution is 5.74. The maximum atomic E-state index is 12.2. The van der Waals surface area contributed by atoms with Gasteiger partial charge in [0.1, 0.15) is 23.2 Å². The number of aromatic nitrogens is 2. The summed E-state index contributed by atoms with van der Waals surface area (Å²) < 4.78 is 12.7. The smallest absolute Gasteiger partial charge is 0.315 e. The normalized spacial score (nSPS) is 12.3.